The summed E-state index contributed by atoms with van der Waals surface area (Å²) in [6.45, 7) is 3.47. The second kappa shape index (κ2) is 7.16. The van der Waals surface area contributed by atoms with E-state index in [1.807, 2.05) is 0 Å². The molecule has 0 aliphatic rings. The molecule has 1 aromatic carbocycles. The molecule has 1 aromatic heterocycles. The second-order valence-electron chi connectivity index (χ2n) is 5.28. The third-order valence-corrected chi connectivity index (χ3v) is 3.53. The third kappa shape index (κ3) is 3.73. The summed E-state index contributed by atoms with van der Waals surface area (Å²) < 4.78 is 26.5. The number of pyridine rings is 1. The van der Waals surface area contributed by atoms with Crippen molar-refractivity contribution in [3.63, 3.8) is 0 Å². The molecule has 0 aliphatic carbocycles. The second-order valence-corrected chi connectivity index (χ2v) is 5.28. The number of benzene rings is 1. The van der Waals surface area contributed by atoms with Gasteiger partial charge in [0.25, 0.3) is 5.91 Å². The molecule has 2 aromatic rings. The van der Waals surface area contributed by atoms with Gasteiger partial charge < -0.3 is 10.6 Å². The van der Waals surface area contributed by atoms with Crippen molar-refractivity contribution in [2.45, 2.75) is 19.9 Å². The highest BCUT2D eigenvalue weighted by Gasteiger charge is 2.24. The zero-order valence-corrected chi connectivity index (χ0v) is 13.5. The molecule has 2 N–H and O–H groups in total. The van der Waals surface area contributed by atoms with Gasteiger partial charge in [-0.3, -0.25) is 14.6 Å². The Balaban J connectivity index is 2.33. The van der Waals surface area contributed by atoms with Crippen LogP contribution in [0.3, 0.4) is 0 Å². The molecule has 5 nitrogen and oxygen atoms in total. The van der Waals surface area contributed by atoms with Crippen LogP contribution in [-0.2, 0) is 4.79 Å². The fourth-order valence-corrected chi connectivity index (χ4v) is 2.27. The van der Waals surface area contributed by atoms with Gasteiger partial charge in [-0.1, -0.05) is 6.07 Å². The predicted octanol–water partition coefficient (Wildman–Crippen LogP) is 2.19. The smallest absolute Gasteiger partial charge is 0.254 e. The van der Waals surface area contributed by atoms with Crippen molar-refractivity contribution in [1.82, 2.24) is 15.6 Å². The molecule has 24 heavy (non-hydrogen) atoms. The van der Waals surface area contributed by atoms with Crippen LogP contribution in [0.2, 0.25) is 0 Å². The van der Waals surface area contributed by atoms with E-state index >= 15 is 0 Å². The molecule has 7 heteroatoms. The summed E-state index contributed by atoms with van der Waals surface area (Å²) in [4.78, 5) is 28.7. The Morgan fingerprint density at radius 2 is 1.79 bits per heavy atom. The number of nitrogens with zero attached hydrogens (tertiary/aromatic N) is 1. The van der Waals surface area contributed by atoms with Crippen LogP contribution >= 0.6 is 0 Å². The molecule has 0 bridgehead atoms. The van der Waals surface area contributed by atoms with E-state index in [0.29, 0.717) is 11.3 Å². The van der Waals surface area contributed by atoms with Gasteiger partial charge in [0.05, 0.1) is 11.3 Å². The molecule has 2 rings (SSSR count). The van der Waals surface area contributed by atoms with Crippen LogP contribution in [0.5, 0.6) is 0 Å². The minimum atomic E-state index is -1.15. The van der Waals surface area contributed by atoms with Crippen molar-refractivity contribution >= 4 is 11.8 Å². The summed E-state index contributed by atoms with van der Waals surface area (Å²) in [6, 6.07) is 5.16. The molecule has 0 saturated carbocycles. The van der Waals surface area contributed by atoms with Crippen LogP contribution in [0.4, 0.5) is 8.78 Å². The van der Waals surface area contributed by atoms with Crippen molar-refractivity contribution in [3.8, 4) is 0 Å². The van der Waals surface area contributed by atoms with Gasteiger partial charge in [-0.05, 0) is 43.7 Å². The number of halogens is 2. The van der Waals surface area contributed by atoms with E-state index in [1.165, 1.54) is 13.1 Å². The molecule has 1 atom stereocenters. The van der Waals surface area contributed by atoms with Crippen molar-refractivity contribution in [2.75, 3.05) is 7.05 Å². The highest BCUT2D eigenvalue weighted by atomic mass is 19.2. The van der Waals surface area contributed by atoms with Gasteiger partial charge >= 0.3 is 0 Å². The first-order valence-corrected chi connectivity index (χ1v) is 7.25. The van der Waals surface area contributed by atoms with Crippen molar-refractivity contribution in [3.05, 3.63) is 64.5 Å². The highest BCUT2D eigenvalue weighted by Crippen LogP contribution is 2.18. The van der Waals surface area contributed by atoms with E-state index in [2.05, 4.69) is 15.6 Å². The van der Waals surface area contributed by atoms with E-state index in [0.717, 1.165) is 17.8 Å². The predicted molar refractivity (Wildman–Crippen MR) is 84.3 cm³/mol. The van der Waals surface area contributed by atoms with E-state index in [1.54, 1.807) is 26.0 Å². The van der Waals surface area contributed by atoms with E-state index in [4.69, 9.17) is 0 Å². The average Bonchev–Trinajstić information content (AvgIpc) is 2.54. The Morgan fingerprint density at radius 3 is 2.38 bits per heavy atom. The summed E-state index contributed by atoms with van der Waals surface area (Å²) in [5, 5.41) is 4.92. The first kappa shape index (κ1) is 17.5. The Hall–Kier alpha value is -2.83. The zero-order valence-electron chi connectivity index (χ0n) is 13.5. The summed E-state index contributed by atoms with van der Waals surface area (Å²) in [5.74, 6) is -3.20. The first-order chi connectivity index (χ1) is 11.3. The lowest BCUT2D eigenvalue weighted by Crippen LogP contribution is -2.39. The first-order valence-electron chi connectivity index (χ1n) is 7.25. The molecule has 1 heterocycles. The SMILES string of the molecule is CNC(=O)C(NC(=O)c1ccc(C)nc1C)c1ccc(F)c(F)c1. The van der Waals surface area contributed by atoms with Crippen molar-refractivity contribution < 1.29 is 18.4 Å². The highest BCUT2D eigenvalue weighted by molar-refractivity contribution is 5.98. The molecular formula is C17H17F2N3O2. The maximum atomic E-state index is 13.4. The minimum Gasteiger partial charge on any atom is -0.357 e. The maximum absolute atomic E-state index is 13.4. The van der Waals surface area contributed by atoms with Crippen LogP contribution in [0.15, 0.2) is 30.3 Å². The maximum Gasteiger partial charge on any atom is 0.254 e. The number of hydrogen-bond donors (Lipinski definition) is 2. The Kier molecular flexibility index (Phi) is 5.23. The van der Waals surface area contributed by atoms with Crippen LogP contribution in [0.1, 0.15) is 33.4 Å². The quantitative estimate of drug-likeness (QED) is 0.901. The van der Waals surface area contributed by atoms with Crippen LogP contribution in [0, 0.1) is 25.5 Å². The van der Waals surface area contributed by atoms with Crippen LogP contribution in [0.25, 0.3) is 0 Å². The van der Waals surface area contributed by atoms with Crippen LogP contribution in [-0.4, -0.2) is 23.8 Å². The Bertz CT molecular complexity index is 793. The normalized spacial score (nSPS) is 11.7. The van der Waals surface area contributed by atoms with Gasteiger partial charge in [0.1, 0.15) is 6.04 Å². The lowest BCUT2D eigenvalue weighted by atomic mass is 10.0. The molecule has 0 aliphatic heterocycles. The number of nitrogens with one attached hydrogen (secondary N) is 2. The molecule has 0 saturated heterocycles. The van der Waals surface area contributed by atoms with E-state index < -0.39 is 29.5 Å². The van der Waals surface area contributed by atoms with E-state index in [9.17, 15) is 18.4 Å². The Morgan fingerprint density at radius 1 is 1.08 bits per heavy atom. The van der Waals surface area contributed by atoms with Gasteiger partial charge in [-0.15, -0.1) is 0 Å². The van der Waals surface area contributed by atoms with Crippen molar-refractivity contribution in [2.24, 2.45) is 0 Å². The zero-order chi connectivity index (χ0) is 17.9. The fraction of sp³-hybridized carbons (Fsp3) is 0.235. The van der Waals surface area contributed by atoms with E-state index in [-0.39, 0.29) is 5.56 Å². The molecular weight excluding hydrogens is 316 g/mol. The molecule has 0 spiro atoms. The van der Waals surface area contributed by atoms with Gasteiger partial charge in [-0.25, -0.2) is 8.78 Å². The number of carbonyl (C=O) groups is 2. The fourth-order valence-electron chi connectivity index (χ4n) is 2.27. The third-order valence-electron chi connectivity index (χ3n) is 3.53. The monoisotopic (exact) mass is 333 g/mol. The van der Waals surface area contributed by atoms with Gasteiger partial charge in [0.2, 0.25) is 5.91 Å². The number of aromatic nitrogens is 1. The number of likely N-dealkylation sites (N-methyl/N-ethyl adjacent to an activating group) is 1. The summed E-state index contributed by atoms with van der Waals surface area (Å²) in [5.41, 5.74) is 1.71. The van der Waals surface area contributed by atoms with Gasteiger partial charge in [0, 0.05) is 12.7 Å². The summed E-state index contributed by atoms with van der Waals surface area (Å²) in [6.07, 6.45) is 0. The number of aryl methyl sites for hydroxylation is 2. The topological polar surface area (TPSA) is 71.1 Å². The Labute approximate surface area is 138 Å². The summed E-state index contributed by atoms with van der Waals surface area (Å²) in [7, 11) is 1.39. The van der Waals surface area contributed by atoms with Crippen LogP contribution < -0.4 is 10.6 Å². The molecule has 0 radical (unpaired) electrons. The standard InChI is InChI=1S/C17H17F2N3O2/c1-9-4-6-12(10(2)21-9)16(23)22-15(17(24)20-3)11-5-7-13(18)14(19)8-11/h4-8,15H,1-3H3,(H,20,24)(H,22,23). The summed E-state index contributed by atoms with van der Waals surface area (Å²) >= 11 is 0. The molecule has 126 valence electrons. The van der Waals surface area contributed by atoms with Gasteiger partial charge in [0.15, 0.2) is 11.6 Å². The number of amides is 2. The van der Waals surface area contributed by atoms with Crippen molar-refractivity contribution in [1.29, 1.82) is 0 Å². The molecule has 0 fully saturated rings. The number of carbonyl (C=O) groups excluding carboxylic acids is 2. The number of hydrogen-bond acceptors (Lipinski definition) is 3. The molecule has 2 amide bonds. The largest absolute Gasteiger partial charge is 0.357 e. The minimum absolute atomic E-state index is 0.138. The van der Waals surface area contributed by atoms with Gasteiger partial charge in [-0.2, -0.15) is 0 Å². The number of rotatable bonds is 4. The molecule has 1 unspecified atom stereocenters. The lowest BCUT2D eigenvalue weighted by molar-refractivity contribution is -0.122. The lowest BCUT2D eigenvalue weighted by Gasteiger charge is -2.18. The average molecular weight is 333 g/mol.